The number of benzene rings is 1. The summed E-state index contributed by atoms with van der Waals surface area (Å²) in [4.78, 5) is 11.3. The Morgan fingerprint density at radius 2 is 2.31 bits per heavy atom. The molecule has 2 N–H and O–H groups in total. The molecule has 1 aromatic carbocycles. The molecule has 3 nitrogen and oxygen atoms in total. The molecule has 0 atom stereocenters. The summed E-state index contributed by atoms with van der Waals surface area (Å²) in [5.74, 6) is 1.87. The Kier molecular flexibility index (Phi) is 4.49. The number of anilines is 1. The highest BCUT2D eigenvalue weighted by Crippen LogP contribution is 2.13. The van der Waals surface area contributed by atoms with Crippen molar-refractivity contribution >= 4 is 11.6 Å². The molecule has 16 heavy (non-hydrogen) atoms. The van der Waals surface area contributed by atoms with Crippen molar-refractivity contribution in [1.29, 1.82) is 0 Å². The molecular weight excluding hydrogens is 207 g/mol. The van der Waals surface area contributed by atoms with Crippen LogP contribution in [0.4, 0.5) is 10.1 Å². The van der Waals surface area contributed by atoms with Gasteiger partial charge >= 0.3 is 0 Å². The summed E-state index contributed by atoms with van der Waals surface area (Å²) in [6.45, 7) is 2.12. The van der Waals surface area contributed by atoms with Crippen LogP contribution in [0.25, 0.3) is 0 Å². The molecule has 84 valence electrons. The normalized spacial score (nSPS) is 9.56. The maximum absolute atomic E-state index is 12.9. The van der Waals surface area contributed by atoms with Crippen LogP contribution in [0.3, 0.4) is 0 Å². The van der Waals surface area contributed by atoms with Crippen molar-refractivity contribution in [2.24, 2.45) is 0 Å². The number of amides is 1. The van der Waals surface area contributed by atoms with Crippen molar-refractivity contribution in [3.63, 3.8) is 0 Å². The Balaban J connectivity index is 2.50. The van der Waals surface area contributed by atoms with E-state index < -0.39 is 0 Å². The van der Waals surface area contributed by atoms with Gasteiger partial charge in [-0.1, -0.05) is 5.92 Å². The summed E-state index contributed by atoms with van der Waals surface area (Å²) in [5.41, 5.74) is 1.07. The molecule has 0 aromatic heterocycles. The first-order valence-corrected chi connectivity index (χ1v) is 4.83. The van der Waals surface area contributed by atoms with Crippen molar-refractivity contribution in [3.05, 3.63) is 29.6 Å². The van der Waals surface area contributed by atoms with Gasteiger partial charge in [0.25, 0.3) is 0 Å². The molecule has 0 radical (unpaired) electrons. The molecular formula is C12H13FN2O. The van der Waals surface area contributed by atoms with E-state index in [1.807, 2.05) is 0 Å². The van der Waals surface area contributed by atoms with Crippen molar-refractivity contribution in [3.8, 4) is 12.3 Å². The first kappa shape index (κ1) is 12.2. The predicted molar refractivity (Wildman–Crippen MR) is 61.5 cm³/mol. The predicted octanol–water partition coefficient (Wildman–Crippen LogP) is 1.30. The number of rotatable bonds is 4. The zero-order chi connectivity index (χ0) is 12.0. The van der Waals surface area contributed by atoms with E-state index in [0.717, 1.165) is 0 Å². The molecule has 0 aliphatic heterocycles. The van der Waals surface area contributed by atoms with E-state index in [1.54, 1.807) is 13.0 Å². The lowest BCUT2D eigenvalue weighted by atomic mass is 10.2. The van der Waals surface area contributed by atoms with Crippen LogP contribution >= 0.6 is 0 Å². The van der Waals surface area contributed by atoms with Crippen LogP contribution in [0.15, 0.2) is 18.2 Å². The molecule has 0 bridgehead atoms. The van der Waals surface area contributed by atoms with Gasteiger partial charge in [-0.05, 0) is 30.7 Å². The third kappa shape index (κ3) is 3.71. The van der Waals surface area contributed by atoms with Crippen molar-refractivity contribution in [2.75, 3.05) is 18.4 Å². The minimum absolute atomic E-state index is 0.140. The van der Waals surface area contributed by atoms with Crippen LogP contribution in [-0.2, 0) is 4.79 Å². The molecule has 4 heteroatoms. The number of hydrogen-bond donors (Lipinski definition) is 2. The van der Waals surface area contributed by atoms with Crippen molar-refractivity contribution < 1.29 is 9.18 Å². The number of nitrogens with one attached hydrogen (secondary N) is 2. The molecule has 0 fully saturated rings. The minimum Gasteiger partial charge on any atom is -0.325 e. The van der Waals surface area contributed by atoms with Gasteiger partial charge in [0.15, 0.2) is 0 Å². The maximum Gasteiger partial charge on any atom is 0.238 e. The standard InChI is InChI=1S/C12H13FN2O/c1-3-6-14-8-12(16)15-10-4-5-11(13)9(2)7-10/h1,4-5,7,14H,6,8H2,2H3,(H,15,16). The lowest BCUT2D eigenvalue weighted by molar-refractivity contribution is -0.115. The number of halogens is 1. The molecule has 1 amide bonds. The van der Waals surface area contributed by atoms with E-state index in [-0.39, 0.29) is 18.3 Å². The second-order valence-electron chi connectivity index (χ2n) is 3.32. The molecule has 0 heterocycles. The lowest BCUT2D eigenvalue weighted by Crippen LogP contribution is -2.28. The first-order chi connectivity index (χ1) is 7.63. The molecule has 0 saturated heterocycles. The van der Waals surface area contributed by atoms with E-state index in [0.29, 0.717) is 17.8 Å². The van der Waals surface area contributed by atoms with E-state index in [4.69, 9.17) is 6.42 Å². The number of terminal acetylenes is 1. The Bertz CT molecular complexity index is 424. The smallest absolute Gasteiger partial charge is 0.238 e. The molecule has 0 aliphatic rings. The van der Waals surface area contributed by atoms with Crippen molar-refractivity contribution in [1.82, 2.24) is 5.32 Å². The van der Waals surface area contributed by atoms with Gasteiger partial charge in [0.1, 0.15) is 5.82 Å². The van der Waals surface area contributed by atoms with Gasteiger partial charge in [0.2, 0.25) is 5.91 Å². The van der Waals surface area contributed by atoms with Crippen LogP contribution in [0.2, 0.25) is 0 Å². The lowest BCUT2D eigenvalue weighted by Gasteiger charge is -2.06. The van der Waals surface area contributed by atoms with E-state index in [1.165, 1.54) is 12.1 Å². The highest BCUT2D eigenvalue weighted by atomic mass is 19.1. The Hall–Kier alpha value is -1.86. The summed E-state index contributed by atoms with van der Waals surface area (Å²) in [6, 6.07) is 4.41. The van der Waals surface area contributed by atoms with Gasteiger partial charge in [0, 0.05) is 5.69 Å². The summed E-state index contributed by atoms with van der Waals surface area (Å²) >= 11 is 0. The average Bonchev–Trinajstić information content (AvgIpc) is 2.24. The monoisotopic (exact) mass is 220 g/mol. The molecule has 1 rings (SSSR count). The van der Waals surface area contributed by atoms with E-state index in [9.17, 15) is 9.18 Å². The van der Waals surface area contributed by atoms with Gasteiger partial charge < -0.3 is 5.32 Å². The van der Waals surface area contributed by atoms with E-state index >= 15 is 0 Å². The summed E-state index contributed by atoms with van der Waals surface area (Å²) in [6.07, 6.45) is 5.02. The molecule has 0 spiro atoms. The Morgan fingerprint density at radius 1 is 1.56 bits per heavy atom. The fourth-order valence-corrected chi connectivity index (χ4v) is 1.18. The van der Waals surface area contributed by atoms with Crippen molar-refractivity contribution in [2.45, 2.75) is 6.92 Å². The van der Waals surface area contributed by atoms with Crippen LogP contribution in [-0.4, -0.2) is 19.0 Å². The quantitative estimate of drug-likeness (QED) is 0.593. The minimum atomic E-state index is -0.288. The third-order valence-electron chi connectivity index (χ3n) is 1.95. The van der Waals surface area contributed by atoms with Gasteiger partial charge in [0.05, 0.1) is 13.1 Å². The second kappa shape index (κ2) is 5.89. The Morgan fingerprint density at radius 3 is 2.94 bits per heavy atom. The number of carbonyl (C=O) groups is 1. The first-order valence-electron chi connectivity index (χ1n) is 4.83. The van der Waals surface area contributed by atoms with Gasteiger partial charge in [-0.15, -0.1) is 6.42 Å². The number of aryl methyl sites for hydroxylation is 1. The molecule has 0 saturated carbocycles. The average molecular weight is 220 g/mol. The SMILES string of the molecule is C#CCNCC(=O)Nc1ccc(F)c(C)c1. The zero-order valence-electron chi connectivity index (χ0n) is 9.01. The zero-order valence-corrected chi connectivity index (χ0v) is 9.01. The van der Waals surface area contributed by atoms with E-state index in [2.05, 4.69) is 16.6 Å². The fraction of sp³-hybridized carbons (Fsp3) is 0.250. The highest BCUT2D eigenvalue weighted by Gasteiger charge is 2.03. The van der Waals surface area contributed by atoms with Crippen LogP contribution < -0.4 is 10.6 Å². The van der Waals surface area contributed by atoms with Crippen LogP contribution in [0.5, 0.6) is 0 Å². The summed E-state index contributed by atoms with van der Waals surface area (Å²) < 4.78 is 12.9. The number of hydrogen-bond acceptors (Lipinski definition) is 2. The number of carbonyl (C=O) groups excluding carboxylic acids is 1. The molecule has 0 aliphatic carbocycles. The topological polar surface area (TPSA) is 41.1 Å². The summed E-state index contributed by atoms with van der Waals surface area (Å²) in [5, 5.41) is 5.39. The summed E-state index contributed by atoms with van der Waals surface area (Å²) in [7, 11) is 0. The van der Waals surface area contributed by atoms with Crippen LogP contribution in [0.1, 0.15) is 5.56 Å². The van der Waals surface area contributed by atoms with Gasteiger partial charge in [-0.2, -0.15) is 0 Å². The largest absolute Gasteiger partial charge is 0.325 e. The molecule has 0 unspecified atom stereocenters. The third-order valence-corrected chi connectivity index (χ3v) is 1.95. The fourth-order valence-electron chi connectivity index (χ4n) is 1.18. The highest BCUT2D eigenvalue weighted by molar-refractivity contribution is 5.92. The Labute approximate surface area is 94.0 Å². The maximum atomic E-state index is 12.9. The van der Waals surface area contributed by atoms with Gasteiger partial charge in [-0.25, -0.2) is 4.39 Å². The van der Waals surface area contributed by atoms with Crippen LogP contribution in [0, 0.1) is 25.1 Å². The molecule has 1 aromatic rings. The van der Waals surface area contributed by atoms with Gasteiger partial charge in [-0.3, -0.25) is 10.1 Å². The second-order valence-corrected chi connectivity index (χ2v) is 3.32.